The molecule has 0 spiro atoms. The Morgan fingerprint density at radius 1 is 1.90 bits per heavy atom. The van der Waals surface area contributed by atoms with E-state index < -0.39 is 11.4 Å². The number of allylic oxidation sites excluding steroid dienone is 2. The molecular formula is C5H4NO3S-. The van der Waals surface area contributed by atoms with Crippen molar-refractivity contribution in [3.8, 4) is 6.07 Å². The van der Waals surface area contributed by atoms with Crippen LogP contribution in [-0.4, -0.2) is 8.76 Å². The zero-order valence-electron chi connectivity index (χ0n) is 4.94. The summed E-state index contributed by atoms with van der Waals surface area (Å²) in [7, 11) is 0. The van der Waals surface area contributed by atoms with Gasteiger partial charge in [0.15, 0.2) is 0 Å². The summed E-state index contributed by atoms with van der Waals surface area (Å²) < 4.78 is 23.3. The second kappa shape index (κ2) is 4.73. The van der Waals surface area contributed by atoms with Crippen molar-refractivity contribution < 1.29 is 12.9 Å². The monoisotopic (exact) mass is 158 g/mol. The Labute approximate surface area is 60.9 Å². The number of hydrogen-bond acceptors (Lipinski definition) is 4. The van der Waals surface area contributed by atoms with Crippen molar-refractivity contribution >= 4 is 11.4 Å². The summed E-state index contributed by atoms with van der Waals surface area (Å²) >= 11 is -2.57. The molecular weight excluding hydrogens is 154 g/mol. The van der Waals surface area contributed by atoms with Gasteiger partial charge in [-0.05, 0) is 6.08 Å². The Hall–Kier alpha value is -1.12. The molecule has 0 aromatic heterocycles. The minimum Gasteiger partial charge on any atom is -0.740 e. The molecule has 1 unspecified atom stereocenters. The maximum atomic E-state index is 9.68. The Morgan fingerprint density at radius 3 is 2.90 bits per heavy atom. The van der Waals surface area contributed by atoms with Crippen molar-refractivity contribution in [1.29, 1.82) is 5.26 Å². The summed E-state index contributed by atoms with van der Waals surface area (Å²) in [6, 6.07) is 1.68. The van der Waals surface area contributed by atoms with E-state index in [1.54, 1.807) is 6.07 Å². The highest BCUT2D eigenvalue weighted by Gasteiger charge is 1.80. The first kappa shape index (κ1) is 8.88. The second-order valence-electron chi connectivity index (χ2n) is 1.24. The molecule has 0 aliphatic heterocycles. The van der Waals surface area contributed by atoms with Gasteiger partial charge in [-0.3, -0.25) is 0 Å². The molecule has 0 heterocycles. The molecule has 0 bridgehead atoms. The van der Waals surface area contributed by atoms with Crippen LogP contribution in [0.2, 0.25) is 0 Å². The quantitative estimate of drug-likeness (QED) is 0.258. The molecule has 0 aliphatic carbocycles. The van der Waals surface area contributed by atoms with Crippen molar-refractivity contribution in [2.24, 2.45) is 0 Å². The third-order valence-corrected chi connectivity index (χ3v) is 0.815. The smallest absolute Gasteiger partial charge is 0.138 e. The third kappa shape index (κ3) is 5.03. The van der Waals surface area contributed by atoms with Gasteiger partial charge >= 0.3 is 0 Å². The summed E-state index contributed by atoms with van der Waals surface area (Å²) in [5, 5.41) is 8.09. The molecule has 0 rings (SSSR count). The lowest BCUT2D eigenvalue weighted by Gasteiger charge is -1.98. The molecule has 0 amide bonds. The summed E-state index contributed by atoms with van der Waals surface area (Å²) in [5.74, 6) is 0. The summed E-state index contributed by atoms with van der Waals surface area (Å²) in [6.07, 6.45) is 2.02. The van der Waals surface area contributed by atoms with E-state index in [1.165, 1.54) is 0 Å². The number of rotatable bonds is 3. The molecule has 0 aliphatic rings. The van der Waals surface area contributed by atoms with Crippen LogP contribution in [0.4, 0.5) is 0 Å². The molecule has 1 atom stereocenters. The highest BCUT2D eigenvalue weighted by atomic mass is 32.2. The van der Waals surface area contributed by atoms with E-state index in [4.69, 9.17) is 5.26 Å². The fourth-order valence-electron chi connectivity index (χ4n) is 0.193. The third-order valence-electron chi connectivity index (χ3n) is 0.547. The molecule has 0 aromatic rings. The van der Waals surface area contributed by atoms with Crippen molar-refractivity contribution in [1.82, 2.24) is 0 Å². The van der Waals surface area contributed by atoms with Crippen LogP contribution < -0.4 is 0 Å². The van der Waals surface area contributed by atoms with Crippen LogP contribution in [-0.2, 0) is 15.5 Å². The molecule has 4 nitrogen and oxygen atoms in total. The van der Waals surface area contributed by atoms with Crippen LogP contribution in [0.25, 0.3) is 0 Å². The maximum absolute atomic E-state index is 9.68. The highest BCUT2D eigenvalue weighted by molar-refractivity contribution is 7.74. The molecule has 0 saturated carbocycles. The van der Waals surface area contributed by atoms with Gasteiger partial charge in [0.2, 0.25) is 0 Å². The van der Waals surface area contributed by atoms with E-state index in [9.17, 15) is 8.76 Å². The average Bonchev–Trinajstić information content (AvgIpc) is 1.87. The van der Waals surface area contributed by atoms with Gasteiger partial charge in [0, 0.05) is 5.57 Å². The Balaban J connectivity index is 3.70. The second-order valence-corrected chi connectivity index (χ2v) is 1.84. The van der Waals surface area contributed by atoms with E-state index >= 15 is 0 Å². The van der Waals surface area contributed by atoms with Crippen LogP contribution in [0.1, 0.15) is 0 Å². The summed E-state index contributed by atoms with van der Waals surface area (Å²) in [5.41, 5.74) is 0.130. The minimum atomic E-state index is -2.57. The lowest BCUT2D eigenvalue weighted by molar-refractivity contribution is 0.405. The Morgan fingerprint density at radius 2 is 2.50 bits per heavy atom. The maximum Gasteiger partial charge on any atom is 0.138 e. The van der Waals surface area contributed by atoms with Crippen LogP contribution in [0, 0.1) is 11.3 Å². The van der Waals surface area contributed by atoms with Gasteiger partial charge in [0.05, 0.1) is 6.07 Å². The van der Waals surface area contributed by atoms with Gasteiger partial charge in [-0.2, -0.15) is 5.26 Å². The molecule has 5 heteroatoms. The van der Waals surface area contributed by atoms with E-state index in [-0.39, 0.29) is 5.57 Å². The van der Waals surface area contributed by atoms with Crippen LogP contribution >= 0.6 is 0 Å². The fourth-order valence-corrected chi connectivity index (χ4v) is 0.339. The predicted molar refractivity (Wildman–Crippen MR) is 33.9 cm³/mol. The van der Waals surface area contributed by atoms with Crippen molar-refractivity contribution in [2.75, 3.05) is 0 Å². The van der Waals surface area contributed by atoms with Crippen LogP contribution in [0.5, 0.6) is 0 Å². The first-order valence-corrected chi connectivity index (χ1v) is 3.18. The van der Waals surface area contributed by atoms with Crippen LogP contribution in [0.3, 0.4) is 0 Å². The Kier molecular flexibility index (Phi) is 4.20. The van der Waals surface area contributed by atoms with Crippen LogP contribution in [0.15, 0.2) is 24.5 Å². The normalized spacial score (nSPS) is 12.4. The van der Waals surface area contributed by atoms with Crippen molar-refractivity contribution in [2.45, 2.75) is 0 Å². The fraction of sp³-hybridized carbons (Fsp3) is 0. The SMILES string of the molecule is C=C(C#N)C=COS(=O)[O-]. The highest BCUT2D eigenvalue weighted by Crippen LogP contribution is 1.90. The molecule has 54 valence electrons. The lowest BCUT2D eigenvalue weighted by Crippen LogP contribution is -1.85. The van der Waals surface area contributed by atoms with E-state index in [1.807, 2.05) is 0 Å². The average molecular weight is 158 g/mol. The Bertz CT molecular complexity index is 215. The zero-order valence-corrected chi connectivity index (χ0v) is 5.76. The summed E-state index contributed by atoms with van der Waals surface area (Å²) in [4.78, 5) is 0. The van der Waals surface area contributed by atoms with Gasteiger partial charge in [-0.15, -0.1) is 0 Å². The van der Waals surface area contributed by atoms with Gasteiger partial charge in [0.25, 0.3) is 0 Å². The van der Waals surface area contributed by atoms with Gasteiger partial charge in [0.1, 0.15) is 17.6 Å². The van der Waals surface area contributed by atoms with Crippen molar-refractivity contribution in [3.05, 3.63) is 24.5 Å². The molecule has 0 aromatic carbocycles. The van der Waals surface area contributed by atoms with E-state index in [2.05, 4.69) is 10.8 Å². The molecule has 0 radical (unpaired) electrons. The zero-order chi connectivity index (χ0) is 7.98. The molecule has 0 N–H and O–H groups in total. The first-order chi connectivity index (χ1) is 4.66. The number of hydrogen-bond donors (Lipinski definition) is 0. The van der Waals surface area contributed by atoms with Gasteiger partial charge in [-0.25, -0.2) is 4.21 Å². The topological polar surface area (TPSA) is 73.1 Å². The number of nitrogens with zero attached hydrogens (tertiary/aromatic N) is 1. The van der Waals surface area contributed by atoms with Gasteiger partial charge in [-0.1, -0.05) is 6.58 Å². The predicted octanol–water partition coefficient (Wildman–Crippen LogP) is 0.391. The number of nitriles is 1. The molecule has 10 heavy (non-hydrogen) atoms. The van der Waals surface area contributed by atoms with Gasteiger partial charge < -0.3 is 8.74 Å². The molecule has 0 saturated heterocycles. The first-order valence-electron chi connectivity index (χ1n) is 2.18. The minimum absolute atomic E-state index is 0.130. The molecule has 0 fully saturated rings. The largest absolute Gasteiger partial charge is 0.740 e. The van der Waals surface area contributed by atoms with E-state index in [0.29, 0.717) is 0 Å². The standard InChI is InChI=1S/C5H5NO3S/c1-5(4-6)2-3-9-10(7)8/h2-3H,1H2,(H,7,8)/p-1. The lowest BCUT2D eigenvalue weighted by atomic mass is 10.3. The van der Waals surface area contributed by atoms with E-state index in [0.717, 1.165) is 12.3 Å². The summed E-state index contributed by atoms with van der Waals surface area (Å²) in [6.45, 7) is 3.24. The van der Waals surface area contributed by atoms with Crippen molar-refractivity contribution in [3.63, 3.8) is 0 Å².